The summed E-state index contributed by atoms with van der Waals surface area (Å²) in [6, 6.07) is 0. The number of nitrogens with two attached hydrogens (primary N) is 1. The number of ether oxygens (including phenoxy) is 1. The summed E-state index contributed by atoms with van der Waals surface area (Å²) in [6.07, 6.45) is 0.427. The van der Waals surface area contributed by atoms with E-state index in [1.54, 1.807) is 20.8 Å². The van der Waals surface area contributed by atoms with Gasteiger partial charge in [0.15, 0.2) is 17.1 Å². The van der Waals surface area contributed by atoms with Gasteiger partial charge in [-0.1, -0.05) is 5.16 Å². The number of oxime groups is 1. The lowest BCUT2D eigenvalue weighted by Crippen LogP contribution is -2.39. The minimum atomic E-state index is -1.56. The van der Waals surface area contributed by atoms with E-state index in [0.29, 0.717) is 6.29 Å². The molecule has 23 heavy (non-hydrogen) atoms. The highest BCUT2D eigenvalue weighted by molar-refractivity contribution is 7.13. The molecule has 9 heteroatoms. The zero-order valence-electron chi connectivity index (χ0n) is 13.6. The summed E-state index contributed by atoms with van der Waals surface area (Å²) in [4.78, 5) is 43.8. The molecule has 0 spiro atoms. The quantitative estimate of drug-likeness (QED) is 0.283. The highest BCUT2D eigenvalue weighted by Gasteiger charge is 2.37. The number of aldehydes is 1. The summed E-state index contributed by atoms with van der Waals surface area (Å²) >= 11 is 1.13. The molecule has 0 atom stereocenters. The molecule has 1 aromatic heterocycles. The molecule has 0 aliphatic carbocycles. The molecule has 0 bridgehead atoms. The fraction of sp³-hybridized carbons (Fsp3) is 0.500. The third-order valence-corrected chi connectivity index (χ3v) is 3.23. The first kappa shape index (κ1) is 18.8. The van der Waals surface area contributed by atoms with Gasteiger partial charge in [0, 0.05) is 5.38 Å². The number of nitrogen functional groups attached to an aromatic ring is 1. The van der Waals surface area contributed by atoms with E-state index >= 15 is 0 Å². The first-order valence-electron chi connectivity index (χ1n) is 6.67. The maximum absolute atomic E-state index is 12.0. The Morgan fingerprint density at radius 3 is 2.30 bits per heavy atom. The van der Waals surface area contributed by atoms with Crippen LogP contribution in [0.2, 0.25) is 0 Å². The van der Waals surface area contributed by atoms with Gasteiger partial charge in [-0.2, -0.15) is 0 Å². The minimum absolute atomic E-state index is 0.124. The largest absolute Gasteiger partial charge is 0.390 e. The fourth-order valence-corrected chi connectivity index (χ4v) is 1.65. The van der Waals surface area contributed by atoms with Crippen molar-refractivity contribution in [3.05, 3.63) is 11.1 Å². The Morgan fingerprint density at radius 2 is 1.87 bits per heavy atom. The number of rotatable bonds is 5. The number of hydrogen-bond donors (Lipinski definition) is 1. The van der Waals surface area contributed by atoms with Gasteiger partial charge in [0.2, 0.25) is 5.60 Å². The van der Waals surface area contributed by atoms with Crippen molar-refractivity contribution in [3.8, 4) is 0 Å². The Balaban J connectivity index is 2.84. The monoisotopic (exact) mass is 341 g/mol. The van der Waals surface area contributed by atoms with Crippen LogP contribution in [0, 0.1) is 5.41 Å². The average molecular weight is 341 g/mol. The van der Waals surface area contributed by atoms with Gasteiger partial charge in [-0.05, 0) is 34.6 Å². The predicted octanol–water partition coefficient (Wildman–Crippen LogP) is 1.54. The molecule has 0 aromatic carbocycles. The van der Waals surface area contributed by atoms with Crippen molar-refractivity contribution in [2.24, 2.45) is 10.6 Å². The number of nitrogens with zero attached hydrogens (tertiary/aromatic N) is 2. The van der Waals surface area contributed by atoms with Crippen LogP contribution < -0.4 is 5.73 Å². The molecule has 0 saturated carbocycles. The van der Waals surface area contributed by atoms with Gasteiger partial charge in [-0.15, -0.1) is 11.3 Å². The second kappa shape index (κ2) is 6.86. The van der Waals surface area contributed by atoms with Gasteiger partial charge in [-0.3, -0.25) is 9.59 Å². The molecule has 0 fully saturated rings. The van der Waals surface area contributed by atoms with Crippen molar-refractivity contribution in [1.82, 2.24) is 4.98 Å². The van der Waals surface area contributed by atoms with E-state index in [1.165, 1.54) is 19.2 Å². The smallest absolute Gasteiger partial charge is 0.360 e. The van der Waals surface area contributed by atoms with Crippen molar-refractivity contribution in [3.63, 3.8) is 0 Å². The lowest BCUT2D eigenvalue weighted by molar-refractivity contribution is -0.180. The van der Waals surface area contributed by atoms with Crippen LogP contribution in [-0.2, 0) is 24.0 Å². The van der Waals surface area contributed by atoms with Gasteiger partial charge < -0.3 is 15.3 Å². The van der Waals surface area contributed by atoms with Crippen molar-refractivity contribution < 1.29 is 24.0 Å². The van der Waals surface area contributed by atoms with Crippen LogP contribution in [0.5, 0.6) is 0 Å². The number of aromatic nitrogens is 1. The number of carbonyl (C=O) groups is 3. The maximum atomic E-state index is 12.0. The molecule has 1 rings (SSSR count). The highest BCUT2D eigenvalue weighted by atomic mass is 32.1. The van der Waals surface area contributed by atoms with Crippen molar-refractivity contribution >= 4 is 40.4 Å². The summed E-state index contributed by atoms with van der Waals surface area (Å²) in [6.45, 7) is 7.59. The summed E-state index contributed by atoms with van der Waals surface area (Å²) in [5.41, 5.74) is 3.20. The normalized spacial score (nSPS) is 12.7. The molecule has 8 nitrogen and oxygen atoms in total. The third kappa shape index (κ3) is 5.13. The Labute approximate surface area is 137 Å². The topological polar surface area (TPSA) is 121 Å². The first-order chi connectivity index (χ1) is 10.5. The maximum Gasteiger partial charge on any atom is 0.360 e. The molecular formula is C14H19N3O5S. The lowest BCUT2D eigenvalue weighted by Gasteiger charge is -2.22. The Hall–Kier alpha value is -2.29. The van der Waals surface area contributed by atoms with E-state index in [0.717, 1.165) is 11.3 Å². The van der Waals surface area contributed by atoms with Crippen LogP contribution in [0.3, 0.4) is 0 Å². The Kier molecular flexibility index (Phi) is 5.60. The van der Waals surface area contributed by atoms with E-state index in [1.807, 2.05) is 0 Å². The molecular weight excluding hydrogens is 322 g/mol. The summed E-state index contributed by atoms with van der Waals surface area (Å²) in [5.74, 6) is -1.60. The van der Waals surface area contributed by atoms with Crippen LogP contribution in [0.1, 0.15) is 40.3 Å². The average Bonchev–Trinajstić information content (AvgIpc) is 2.84. The molecule has 0 unspecified atom stereocenters. The minimum Gasteiger partial charge on any atom is -0.390 e. The summed E-state index contributed by atoms with van der Waals surface area (Å²) in [5, 5.41) is 5.41. The second-order valence-corrected chi connectivity index (χ2v) is 7.08. The highest BCUT2D eigenvalue weighted by Crippen LogP contribution is 2.20. The van der Waals surface area contributed by atoms with Gasteiger partial charge in [0.05, 0.1) is 5.41 Å². The third-order valence-electron chi connectivity index (χ3n) is 2.56. The van der Waals surface area contributed by atoms with Crippen LogP contribution in [0.15, 0.2) is 10.5 Å². The predicted molar refractivity (Wildman–Crippen MR) is 84.8 cm³/mol. The lowest BCUT2D eigenvalue weighted by atomic mass is 9.97. The van der Waals surface area contributed by atoms with E-state index in [4.69, 9.17) is 15.3 Å². The van der Waals surface area contributed by atoms with Crippen LogP contribution in [-0.4, -0.2) is 34.5 Å². The van der Waals surface area contributed by atoms with E-state index in [9.17, 15) is 14.4 Å². The van der Waals surface area contributed by atoms with Gasteiger partial charge in [-0.25, -0.2) is 9.78 Å². The van der Waals surface area contributed by atoms with E-state index in [2.05, 4.69) is 10.1 Å². The second-order valence-electron chi connectivity index (χ2n) is 6.19. The number of thiazole rings is 1. The molecule has 0 aliphatic heterocycles. The van der Waals surface area contributed by atoms with Crippen molar-refractivity contribution in [1.29, 1.82) is 0 Å². The Morgan fingerprint density at radius 1 is 1.26 bits per heavy atom. The van der Waals surface area contributed by atoms with Crippen LogP contribution >= 0.6 is 11.3 Å². The number of hydrogen-bond acceptors (Lipinski definition) is 9. The molecule has 0 amide bonds. The molecule has 2 N–H and O–H groups in total. The van der Waals surface area contributed by atoms with Crippen LogP contribution in [0.25, 0.3) is 0 Å². The van der Waals surface area contributed by atoms with E-state index in [-0.39, 0.29) is 16.5 Å². The number of anilines is 1. The summed E-state index contributed by atoms with van der Waals surface area (Å²) in [7, 11) is 0. The van der Waals surface area contributed by atoms with Crippen molar-refractivity contribution in [2.75, 3.05) is 5.73 Å². The van der Waals surface area contributed by atoms with Gasteiger partial charge in [0.25, 0.3) is 0 Å². The SMILES string of the molecule is CC(C)(C)C(=O)OC(=O)C(C)(C)O/N=C(\C=O)c1csc(N)n1. The molecule has 0 aliphatic rings. The standard InChI is InChI=1S/C14H19N3O5S/c1-13(2,3)10(19)21-11(20)14(4,5)22-17-8(6-18)9-7-23-12(15)16-9/h6-7H,1-5H3,(H2,15,16)/b17-8+. The molecule has 0 saturated heterocycles. The zero-order valence-corrected chi connectivity index (χ0v) is 14.4. The zero-order chi connectivity index (χ0) is 17.8. The molecule has 1 aromatic rings. The number of esters is 2. The van der Waals surface area contributed by atoms with Gasteiger partial charge >= 0.3 is 11.9 Å². The van der Waals surface area contributed by atoms with E-state index < -0.39 is 23.0 Å². The summed E-state index contributed by atoms with van der Waals surface area (Å²) < 4.78 is 4.76. The molecule has 0 radical (unpaired) electrons. The molecule has 1 heterocycles. The van der Waals surface area contributed by atoms with Crippen molar-refractivity contribution in [2.45, 2.75) is 40.2 Å². The van der Waals surface area contributed by atoms with Gasteiger partial charge in [0.1, 0.15) is 5.69 Å². The number of carbonyl (C=O) groups excluding carboxylic acids is 3. The fourth-order valence-electron chi connectivity index (χ4n) is 1.09. The Bertz CT molecular complexity index is 643. The molecule has 126 valence electrons. The first-order valence-corrected chi connectivity index (χ1v) is 7.55. The van der Waals surface area contributed by atoms with Crippen LogP contribution in [0.4, 0.5) is 5.13 Å².